The maximum Gasteiger partial charge on any atom is 0.191 e. The highest BCUT2D eigenvalue weighted by Gasteiger charge is 2.43. The zero-order valence-electron chi connectivity index (χ0n) is 18.2. The van der Waals surface area contributed by atoms with E-state index in [-0.39, 0.29) is 24.2 Å². The Kier molecular flexibility index (Phi) is 6.21. The van der Waals surface area contributed by atoms with E-state index >= 15 is 0 Å². The van der Waals surface area contributed by atoms with Gasteiger partial charge in [0.05, 0.1) is 12.1 Å². The summed E-state index contributed by atoms with van der Waals surface area (Å²) in [6, 6.07) is 6.04. The van der Waals surface area contributed by atoms with Crippen molar-refractivity contribution < 1.29 is 19.7 Å². The first-order valence-corrected chi connectivity index (χ1v) is 12.3. The molecule has 0 bridgehead atoms. The van der Waals surface area contributed by atoms with E-state index in [4.69, 9.17) is 0 Å². The number of hydrogen-bond donors (Lipinski definition) is 4. The molecule has 2 aliphatic carbocycles. The fraction of sp³-hybridized carbons (Fsp3) is 0.545. The Hall–Kier alpha value is -2.34. The zero-order chi connectivity index (χ0) is 23.1. The standard InChI is InChI=1S/C22H27FN6O3S/c1-2-3-8-33-22-25-20(24-14-9-13(14)11-4-6-12(23)7-5-11)17-21(26-22)29(28-27-17)15-10-16(30)19(32)18(15)31/h4-7,13-16,18-19,30-32H,2-3,8-10H2,1H3,(H,24,25,26)/t13-,14+,15+,16-,18-,19+/m0/s1. The van der Waals surface area contributed by atoms with Gasteiger partial charge in [-0.05, 0) is 30.5 Å². The second-order valence-electron chi connectivity index (χ2n) is 8.76. The van der Waals surface area contributed by atoms with Crippen molar-refractivity contribution >= 4 is 28.7 Å². The number of aliphatic hydroxyl groups is 3. The van der Waals surface area contributed by atoms with Crippen LogP contribution in [0.15, 0.2) is 29.4 Å². The number of unbranched alkanes of at least 4 members (excludes halogenated alkanes) is 1. The normalized spacial score (nSPS) is 29.0. The fourth-order valence-electron chi connectivity index (χ4n) is 4.34. The summed E-state index contributed by atoms with van der Waals surface area (Å²) in [7, 11) is 0. The van der Waals surface area contributed by atoms with E-state index in [1.807, 2.05) is 0 Å². The molecule has 2 fully saturated rings. The highest BCUT2D eigenvalue weighted by Crippen LogP contribution is 2.43. The summed E-state index contributed by atoms with van der Waals surface area (Å²) in [4.78, 5) is 9.33. The lowest BCUT2D eigenvalue weighted by Crippen LogP contribution is -2.31. The minimum atomic E-state index is -1.24. The topological polar surface area (TPSA) is 129 Å². The smallest absolute Gasteiger partial charge is 0.191 e. The number of nitrogens with one attached hydrogen (secondary N) is 1. The molecule has 0 amide bonds. The van der Waals surface area contributed by atoms with Crippen molar-refractivity contribution in [2.75, 3.05) is 11.1 Å². The van der Waals surface area contributed by atoms with Crippen molar-refractivity contribution in [2.45, 2.75) is 74.1 Å². The van der Waals surface area contributed by atoms with Crippen LogP contribution in [0, 0.1) is 5.82 Å². The Morgan fingerprint density at radius 2 is 1.91 bits per heavy atom. The molecule has 0 radical (unpaired) electrons. The summed E-state index contributed by atoms with van der Waals surface area (Å²) in [5.41, 5.74) is 2.00. The average molecular weight is 475 g/mol. The lowest BCUT2D eigenvalue weighted by molar-refractivity contribution is -0.0253. The molecule has 2 saturated carbocycles. The molecular weight excluding hydrogens is 447 g/mol. The highest BCUT2D eigenvalue weighted by atomic mass is 32.2. The molecule has 4 N–H and O–H groups in total. The molecule has 3 aromatic rings. The molecule has 9 nitrogen and oxygen atoms in total. The molecule has 2 aromatic heterocycles. The largest absolute Gasteiger partial charge is 0.390 e. The third kappa shape index (κ3) is 4.42. The van der Waals surface area contributed by atoms with E-state index in [1.165, 1.54) is 16.8 Å². The first kappa shape index (κ1) is 22.5. The van der Waals surface area contributed by atoms with Crippen LogP contribution in [0.4, 0.5) is 10.2 Å². The molecule has 2 aliphatic rings. The van der Waals surface area contributed by atoms with Gasteiger partial charge in [0.25, 0.3) is 0 Å². The van der Waals surface area contributed by atoms with Crippen LogP contribution in [-0.4, -0.2) is 70.4 Å². The number of halogens is 1. The van der Waals surface area contributed by atoms with Crippen LogP contribution < -0.4 is 5.32 Å². The van der Waals surface area contributed by atoms with Gasteiger partial charge in [-0.1, -0.05) is 42.5 Å². The Morgan fingerprint density at radius 3 is 2.61 bits per heavy atom. The highest BCUT2D eigenvalue weighted by molar-refractivity contribution is 7.99. The summed E-state index contributed by atoms with van der Waals surface area (Å²) < 4.78 is 14.8. The number of aromatic nitrogens is 5. The van der Waals surface area contributed by atoms with E-state index in [1.54, 1.807) is 23.9 Å². The number of hydrogen-bond acceptors (Lipinski definition) is 9. The van der Waals surface area contributed by atoms with Crippen molar-refractivity contribution in [3.05, 3.63) is 35.6 Å². The lowest BCUT2D eigenvalue weighted by atomic mass is 10.1. The quantitative estimate of drug-likeness (QED) is 0.221. The molecule has 0 saturated heterocycles. The van der Waals surface area contributed by atoms with E-state index in [0.717, 1.165) is 30.6 Å². The van der Waals surface area contributed by atoms with Gasteiger partial charge in [0, 0.05) is 24.1 Å². The van der Waals surface area contributed by atoms with Crippen molar-refractivity contribution in [1.82, 2.24) is 25.0 Å². The third-order valence-electron chi connectivity index (χ3n) is 6.38. The second kappa shape index (κ2) is 9.13. The van der Waals surface area contributed by atoms with Gasteiger partial charge in [0.15, 0.2) is 22.1 Å². The molecule has 11 heteroatoms. The number of benzene rings is 1. The maximum absolute atomic E-state index is 13.3. The van der Waals surface area contributed by atoms with Crippen molar-refractivity contribution in [3.8, 4) is 0 Å². The number of rotatable bonds is 8. The van der Waals surface area contributed by atoms with Gasteiger partial charge in [0.2, 0.25) is 0 Å². The van der Waals surface area contributed by atoms with Gasteiger partial charge in [-0.15, -0.1) is 5.10 Å². The van der Waals surface area contributed by atoms with Gasteiger partial charge in [-0.2, -0.15) is 0 Å². The molecule has 2 heterocycles. The molecular formula is C22H27FN6O3S. The minimum Gasteiger partial charge on any atom is -0.390 e. The van der Waals surface area contributed by atoms with Crippen molar-refractivity contribution in [3.63, 3.8) is 0 Å². The number of fused-ring (bicyclic) bond motifs is 1. The molecule has 0 aliphatic heterocycles. The monoisotopic (exact) mass is 474 g/mol. The maximum atomic E-state index is 13.3. The molecule has 6 atom stereocenters. The first-order valence-electron chi connectivity index (χ1n) is 11.3. The third-order valence-corrected chi connectivity index (χ3v) is 7.31. The van der Waals surface area contributed by atoms with Crippen LogP contribution in [0.2, 0.25) is 0 Å². The molecule has 176 valence electrons. The van der Waals surface area contributed by atoms with Gasteiger partial charge < -0.3 is 20.6 Å². The summed E-state index contributed by atoms with van der Waals surface area (Å²) >= 11 is 1.54. The van der Waals surface area contributed by atoms with Gasteiger partial charge in [-0.3, -0.25) is 0 Å². The van der Waals surface area contributed by atoms with E-state index < -0.39 is 24.4 Å². The molecule has 33 heavy (non-hydrogen) atoms. The Morgan fingerprint density at radius 1 is 1.12 bits per heavy atom. The van der Waals surface area contributed by atoms with Crippen LogP contribution in [0.5, 0.6) is 0 Å². The Balaban J connectivity index is 1.44. The molecule has 5 rings (SSSR count). The van der Waals surface area contributed by atoms with Gasteiger partial charge in [-0.25, -0.2) is 19.0 Å². The fourth-order valence-corrected chi connectivity index (χ4v) is 5.26. The predicted octanol–water partition coefficient (Wildman–Crippen LogP) is 2.25. The van der Waals surface area contributed by atoms with E-state index in [0.29, 0.717) is 22.1 Å². The van der Waals surface area contributed by atoms with Gasteiger partial charge in [0.1, 0.15) is 18.0 Å². The number of anilines is 1. The van der Waals surface area contributed by atoms with Gasteiger partial charge >= 0.3 is 0 Å². The van der Waals surface area contributed by atoms with Crippen LogP contribution in [0.3, 0.4) is 0 Å². The second-order valence-corrected chi connectivity index (χ2v) is 9.82. The van der Waals surface area contributed by atoms with Crippen molar-refractivity contribution in [2.24, 2.45) is 0 Å². The van der Waals surface area contributed by atoms with E-state index in [9.17, 15) is 19.7 Å². The number of aliphatic hydroxyl groups excluding tert-OH is 3. The molecule has 0 spiro atoms. The summed E-state index contributed by atoms with van der Waals surface area (Å²) in [5, 5.41) is 42.9. The van der Waals surface area contributed by atoms with Crippen LogP contribution >= 0.6 is 11.8 Å². The van der Waals surface area contributed by atoms with E-state index in [2.05, 4.69) is 32.5 Å². The SMILES string of the molecule is CCCCSc1nc(N[C@@H]2C[C@H]2c2ccc(F)cc2)c2nnn([C@@H]3C[C@H](O)[C@@H](O)[C@H]3O)c2n1. The summed E-state index contributed by atoms with van der Waals surface area (Å²) in [6.07, 6.45) is -0.310. The average Bonchev–Trinajstić information content (AvgIpc) is 3.36. The number of thioether (sulfide) groups is 1. The Labute approximate surface area is 194 Å². The van der Waals surface area contributed by atoms with Crippen molar-refractivity contribution in [1.29, 1.82) is 0 Å². The lowest BCUT2D eigenvalue weighted by Gasteiger charge is -2.16. The summed E-state index contributed by atoms with van der Waals surface area (Å²) in [5.74, 6) is 1.43. The van der Waals surface area contributed by atoms with Crippen LogP contribution in [0.1, 0.15) is 50.1 Å². The number of nitrogens with zero attached hydrogens (tertiary/aromatic N) is 5. The molecule has 0 unspecified atom stereocenters. The predicted molar refractivity (Wildman–Crippen MR) is 122 cm³/mol. The summed E-state index contributed by atoms with van der Waals surface area (Å²) in [6.45, 7) is 2.12. The molecule has 1 aromatic carbocycles. The van der Waals surface area contributed by atoms with Crippen LogP contribution in [0.25, 0.3) is 11.2 Å². The first-order chi connectivity index (χ1) is 16.0. The zero-order valence-corrected chi connectivity index (χ0v) is 19.0. The van der Waals surface area contributed by atoms with Crippen LogP contribution in [-0.2, 0) is 0 Å². The Bertz CT molecular complexity index is 1130. The minimum absolute atomic E-state index is 0.132.